The molecule has 0 saturated carbocycles. The van der Waals surface area contributed by atoms with Crippen molar-refractivity contribution in [2.45, 2.75) is 20.6 Å². The van der Waals surface area contributed by atoms with Crippen LogP contribution in [0.15, 0.2) is 53.3 Å². The molecule has 0 aliphatic rings. The summed E-state index contributed by atoms with van der Waals surface area (Å²) in [6.07, 6.45) is 0. The van der Waals surface area contributed by atoms with Gasteiger partial charge in [0, 0.05) is 17.9 Å². The number of hydrogen-bond donors (Lipinski definition) is 0. The molecule has 0 aliphatic heterocycles. The van der Waals surface area contributed by atoms with Gasteiger partial charge in [0.2, 0.25) is 0 Å². The molecule has 6 nitrogen and oxygen atoms in total. The molecule has 0 unspecified atom stereocenters. The van der Waals surface area contributed by atoms with Crippen LogP contribution in [-0.4, -0.2) is 29.0 Å². The van der Waals surface area contributed by atoms with Gasteiger partial charge in [-0.25, -0.2) is 4.68 Å². The number of aryl methyl sites for hydroxylation is 1. The van der Waals surface area contributed by atoms with E-state index in [1.807, 2.05) is 49.4 Å². The number of rotatable bonds is 6. The highest BCUT2D eigenvalue weighted by Crippen LogP contribution is 2.24. The first-order chi connectivity index (χ1) is 12.6. The lowest BCUT2D eigenvalue weighted by Gasteiger charge is -2.12. The Hall–Kier alpha value is -2.99. The van der Waals surface area contributed by atoms with Crippen molar-refractivity contribution in [2.24, 2.45) is 0 Å². The molecule has 0 bridgehead atoms. The summed E-state index contributed by atoms with van der Waals surface area (Å²) < 4.78 is 11.5. The summed E-state index contributed by atoms with van der Waals surface area (Å²) in [6.45, 7) is 3.68. The van der Waals surface area contributed by atoms with Gasteiger partial charge in [-0.15, -0.1) is 0 Å². The summed E-state index contributed by atoms with van der Waals surface area (Å²) in [5.74, 6) is -0.365. The van der Waals surface area contributed by atoms with Crippen molar-refractivity contribution in [3.05, 3.63) is 64.4 Å². The van der Waals surface area contributed by atoms with Gasteiger partial charge < -0.3 is 9.47 Å². The zero-order valence-electron chi connectivity index (χ0n) is 14.8. The molecule has 0 atom stereocenters. The maximum atomic E-state index is 12.7. The summed E-state index contributed by atoms with van der Waals surface area (Å²) in [6, 6.07) is 15.4. The van der Waals surface area contributed by atoms with Gasteiger partial charge in [-0.1, -0.05) is 48.0 Å². The number of carbonyl (C=O) groups excluding carboxylic acids is 1. The number of aromatic nitrogens is 2. The highest BCUT2D eigenvalue weighted by molar-refractivity contribution is 5.93. The standard InChI is InChI=1S/C20H20N2O4/c1-14-7-9-16(10-8-14)19-17-5-3-4-6-18(17)20(24)22(21-19)13-25-11-12-26-15(2)23/h3-10H,11-13H2,1-2H3. The molecule has 1 aromatic heterocycles. The van der Waals surface area contributed by atoms with E-state index in [2.05, 4.69) is 5.10 Å². The van der Waals surface area contributed by atoms with Crippen LogP contribution in [0.25, 0.3) is 22.0 Å². The van der Waals surface area contributed by atoms with E-state index in [0.29, 0.717) is 5.39 Å². The van der Waals surface area contributed by atoms with Crippen molar-refractivity contribution in [2.75, 3.05) is 13.2 Å². The third-order valence-electron chi connectivity index (χ3n) is 3.94. The minimum absolute atomic E-state index is 0.0101. The Morgan fingerprint density at radius 3 is 2.42 bits per heavy atom. The molecule has 0 saturated heterocycles. The molecule has 0 fully saturated rings. The summed E-state index contributed by atoms with van der Waals surface area (Å²) in [5, 5.41) is 5.89. The monoisotopic (exact) mass is 352 g/mol. The smallest absolute Gasteiger partial charge is 0.302 e. The minimum atomic E-state index is -0.365. The van der Waals surface area contributed by atoms with Crippen LogP contribution in [0.2, 0.25) is 0 Å². The molecule has 26 heavy (non-hydrogen) atoms. The van der Waals surface area contributed by atoms with Gasteiger partial charge in [-0.05, 0) is 13.0 Å². The Labute approximate surface area is 151 Å². The molecular weight excluding hydrogens is 332 g/mol. The Balaban J connectivity index is 1.94. The SMILES string of the molecule is CC(=O)OCCOCn1nc(-c2ccc(C)cc2)c2ccccc2c1=O. The van der Waals surface area contributed by atoms with Gasteiger partial charge in [0.25, 0.3) is 5.56 Å². The van der Waals surface area contributed by atoms with Crippen LogP contribution < -0.4 is 5.56 Å². The van der Waals surface area contributed by atoms with Crippen molar-refractivity contribution < 1.29 is 14.3 Å². The average molecular weight is 352 g/mol. The van der Waals surface area contributed by atoms with E-state index in [1.165, 1.54) is 11.6 Å². The van der Waals surface area contributed by atoms with Gasteiger partial charge in [0.15, 0.2) is 0 Å². The number of nitrogens with zero attached hydrogens (tertiary/aromatic N) is 2. The molecule has 6 heteroatoms. The molecule has 0 amide bonds. The third-order valence-corrected chi connectivity index (χ3v) is 3.94. The molecule has 0 radical (unpaired) electrons. The fourth-order valence-electron chi connectivity index (χ4n) is 2.64. The van der Waals surface area contributed by atoms with Crippen LogP contribution in [0.3, 0.4) is 0 Å². The van der Waals surface area contributed by atoms with E-state index in [9.17, 15) is 9.59 Å². The predicted octanol–water partition coefficient (Wildman–Crippen LogP) is 2.91. The van der Waals surface area contributed by atoms with Gasteiger partial charge in [-0.3, -0.25) is 9.59 Å². The molecule has 3 rings (SSSR count). The topological polar surface area (TPSA) is 70.4 Å². The average Bonchev–Trinajstić information content (AvgIpc) is 2.64. The van der Waals surface area contributed by atoms with Crippen molar-refractivity contribution in [1.29, 1.82) is 0 Å². The number of ether oxygens (including phenoxy) is 2. The normalized spacial score (nSPS) is 10.8. The summed E-state index contributed by atoms with van der Waals surface area (Å²) in [4.78, 5) is 23.4. The van der Waals surface area contributed by atoms with E-state index in [0.717, 1.165) is 22.2 Å². The van der Waals surface area contributed by atoms with Crippen molar-refractivity contribution >= 4 is 16.7 Å². The molecule has 0 aliphatic carbocycles. The summed E-state index contributed by atoms with van der Waals surface area (Å²) in [5.41, 5.74) is 2.59. The number of hydrogen-bond acceptors (Lipinski definition) is 5. The Kier molecular flexibility index (Phi) is 5.43. The third kappa shape index (κ3) is 3.97. The number of carbonyl (C=O) groups is 1. The lowest BCUT2D eigenvalue weighted by molar-refractivity contribution is -0.143. The molecule has 134 valence electrons. The second-order valence-electron chi connectivity index (χ2n) is 5.94. The maximum absolute atomic E-state index is 12.7. The first-order valence-corrected chi connectivity index (χ1v) is 8.34. The molecule has 2 aromatic carbocycles. The van der Waals surface area contributed by atoms with Gasteiger partial charge in [-0.2, -0.15) is 5.10 Å². The Bertz CT molecular complexity index is 977. The van der Waals surface area contributed by atoms with Crippen LogP contribution in [0.1, 0.15) is 12.5 Å². The van der Waals surface area contributed by atoms with Crippen LogP contribution in [-0.2, 0) is 21.0 Å². The summed E-state index contributed by atoms with van der Waals surface area (Å²) in [7, 11) is 0. The van der Waals surface area contributed by atoms with Gasteiger partial charge in [0.1, 0.15) is 13.3 Å². The largest absolute Gasteiger partial charge is 0.463 e. The van der Waals surface area contributed by atoms with E-state index in [-0.39, 0.29) is 31.5 Å². The van der Waals surface area contributed by atoms with Crippen molar-refractivity contribution in [1.82, 2.24) is 9.78 Å². The number of fused-ring (bicyclic) bond motifs is 1. The van der Waals surface area contributed by atoms with Crippen molar-refractivity contribution in [3.63, 3.8) is 0 Å². The van der Waals surface area contributed by atoms with Crippen LogP contribution in [0, 0.1) is 6.92 Å². The quantitative estimate of drug-likeness (QED) is 0.504. The summed E-state index contributed by atoms with van der Waals surface area (Å²) >= 11 is 0. The van der Waals surface area contributed by atoms with E-state index in [4.69, 9.17) is 9.47 Å². The fourth-order valence-corrected chi connectivity index (χ4v) is 2.64. The van der Waals surface area contributed by atoms with E-state index < -0.39 is 0 Å². The van der Waals surface area contributed by atoms with Crippen LogP contribution >= 0.6 is 0 Å². The lowest BCUT2D eigenvalue weighted by atomic mass is 10.0. The second kappa shape index (κ2) is 7.93. The minimum Gasteiger partial charge on any atom is -0.463 e. The Morgan fingerprint density at radius 2 is 1.73 bits per heavy atom. The highest BCUT2D eigenvalue weighted by atomic mass is 16.6. The molecule has 1 heterocycles. The number of benzene rings is 2. The highest BCUT2D eigenvalue weighted by Gasteiger charge is 2.12. The Morgan fingerprint density at radius 1 is 1.04 bits per heavy atom. The fraction of sp³-hybridized carbons (Fsp3) is 0.250. The zero-order valence-corrected chi connectivity index (χ0v) is 14.8. The van der Waals surface area contributed by atoms with E-state index >= 15 is 0 Å². The first-order valence-electron chi connectivity index (χ1n) is 8.34. The van der Waals surface area contributed by atoms with Crippen LogP contribution in [0.5, 0.6) is 0 Å². The molecule has 0 spiro atoms. The van der Waals surface area contributed by atoms with Gasteiger partial charge in [0.05, 0.1) is 17.7 Å². The zero-order chi connectivity index (χ0) is 18.5. The maximum Gasteiger partial charge on any atom is 0.302 e. The molecule has 0 N–H and O–H groups in total. The first kappa shape index (κ1) is 17.8. The van der Waals surface area contributed by atoms with Crippen molar-refractivity contribution in [3.8, 4) is 11.3 Å². The van der Waals surface area contributed by atoms with Crippen LogP contribution in [0.4, 0.5) is 0 Å². The number of esters is 1. The molecular formula is C20H20N2O4. The predicted molar refractivity (Wildman–Crippen MR) is 98.8 cm³/mol. The van der Waals surface area contributed by atoms with Gasteiger partial charge >= 0.3 is 5.97 Å². The second-order valence-corrected chi connectivity index (χ2v) is 5.94. The molecule has 3 aromatic rings. The lowest BCUT2D eigenvalue weighted by Crippen LogP contribution is -2.25. The van der Waals surface area contributed by atoms with E-state index in [1.54, 1.807) is 6.07 Å².